The van der Waals surface area contributed by atoms with Crippen molar-refractivity contribution in [1.82, 2.24) is 25.0 Å². The van der Waals surface area contributed by atoms with E-state index in [1.165, 1.54) is 10.9 Å². The van der Waals surface area contributed by atoms with E-state index >= 15 is 0 Å². The fourth-order valence-electron chi connectivity index (χ4n) is 4.29. The highest BCUT2D eigenvalue weighted by Crippen LogP contribution is 2.45. The predicted molar refractivity (Wildman–Crippen MR) is 112 cm³/mol. The van der Waals surface area contributed by atoms with E-state index in [0.717, 1.165) is 11.6 Å². The number of halogens is 1. The van der Waals surface area contributed by atoms with Gasteiger partial charge >= 0.3 is 0 Å². The van der Waals surface area contributed by atoms with E-state index in [4.69, 9.17) is 0 Å². The average Bonchev–Trinajstić information content (AvgIpc) is 3.27. The summed E-state index contributed by atoms with van der Waals surface area (Å²) in [5, 5.41) is 38.1. The molecule has 0 saturated heterocycles. The number of nitrogens with zero attached hydrogens (tertiary/aromatic N) is 7. The van der Waals surface area contributed by atoms with E-state index in [2.05, 4.69) is 32.3 Å². The van der Waals surface area contributed by atoms with Gasteiger partial charge in [-0.1, -0.05) is 6.07 Å². The van der Waals surface area contributed by atoms with E-state index in [9.17, 15) is 20.0 Å². The summed E-state index contributed by atoms with van der Waals surface area (Å²) in [5.41, 5.74) is 1.97. The summed E-state index contributed by atoms with van der Waals surface area (Å²) < 4.78 is 14.5. The quantitative estimate of drug-likeness (QED) is 0.525. The number of nitriles is 2. The van der Waals surface area contributed by atoms with Gasteiger partial charge in [0.2, 0.25) is 5.88 Å². The highest BCUT2D eigenvalue weighted by molar-refractivity contribution is 5.97. The lowest BCUT2D eigenvalue weighted by Gasteiger charge is -2.42. The van der Waals surface area contributed by atoms with Gasteiger partial charge in [-0.15, -0.1) is 0 Å². The zero-order valence-corrected chi connectivity index (χ0v) is 16.8. The van der Waals surface area contributed by atoms with E-state index in [0.29, 0.717) is 35.2 Å². The Morgan fingerprint density at radius 3 is 2.78 bits per heavy atom. The fourth-order valence-corrected chi connectivity index (χ4v) is 4.29. The summed E-state index contributed by atoms with van der Waals surface area (Å²) >= 11 is 0. The zero-order valence-electron chi connectivity index (χ0n) is 16.8. The van der Waals surface area contributed by atoms with E-state index in [-0.39, 0.29) is 23.8 Å². The molecule has 1 N–H and O–H groups in total. The maximum absolute atomic E-state index is 14.5. The number of rotatable bonds is 4. The van der Waals surface area contributed by atoms with Crippen LogP contribution in [0.1, 0.15) is 19.3 Å². The maximum atomic E-state index is 14.5. The van der Waals surface area contributed by atoms with Gasteiger partial charge in [0, 0.05) is 28.8 Å². The molecule has 8 nitrogen and oxygen atoms in total. The molecule has 156 valence electrons. The van der Waals surface area contributed by atoms with Crippen molar-refractivity contribution in [2.24, 2.45) is 5.92 Å². The van der Waals surface area contributed by atoms with Crippen molar-refractivity contribution in [3.05, 3.63) is 54.7 Å². The minimum absolute atomic E-state index is 0.117. The third kappa shape index (κ3) is 3.12. The van der Waals surface area contributed by atoms with Crippen LogP contribution in [-0.2, 0) is 5.54 Å². The second kappa shape index (κ2) is 7.40. The molecule has 0 aliphatic heterocycles. The lowest BCUT2D eigenvalue weighted by Crippen LogP contribution is -2.47. The number of hydrogen-bond acceptors (Lipinski definition) is 7. The molecule has 1 fully saturated rings. The van der Waals surface area contributed by atoms with Crippen LogP contribution in [0.5, 0.6) is 5.88 Å². The minimum atomic E-state index is -0.595. The van der Waals surface area contributed by atoms with Gasteiger partial charge in [-0.2, -0.15) is 25.5 Å². The third-order valence-electron chi connectivity index (χ3n) is 5.91. The van der Waals surface area contributed by atoms with E-state index in [1.807, 2.05) is 6.07 Å². The van der Waals surface area contributed by atoms with Gasteiger partial charge < -0.3 is 5.11 Å². The standard InChI is InChI=1S/C23H16FN7O/c24-19-12-28-22(32)8-17(19)15-6-18(16-2-1-5-27-20(16)7-15)21-13-29-31(30-21)23(3-4-25)9-14(10-23)11-26/h1-2,5-8,12-14H,3,9-10H2,(H,28,32)/t14-,23+. The van der Waals surface area contributed by atoms with E-state index in [1.54, 1.807) is 30.6 Å². The van der Waals surface area contributed by atoms with Crippen LogP contribution in [0.2, 0.25) is 0 Å². The average molecular weight is 425 g/mol. The smallest absolute Gasteiger partial charge is 0.211 e. The zero-order chi connectivity index (χ0) is 22.3. The maximum Gasteiger partial charge on any atom is 0.211 e. The fraction of sp³-hybridized carbons (Fsp3) is 0.217. The molecule has 0 unspecified atom stereocenters. The van der Waals surface area contributed by atoms with Crippen molar-refractivity contribution < 1.29 is 9.50 Å². The number of fused-ring (bicyclic) bond motifs is 1. The molecule has 0 atom stereocenters. The van der Waals surface area contributed by atoms with Crippen molar-refractivity contribution in [2.45, 2.75) is 24.8 Å². The summed E-state index contributed by atoms with van der Waals surface area (Å²) in [5.74, 6) is -0.975. The van der Waals surface area contributed by atoms with Crippen LogP contribution < -0.4 is 0 Å². The van der Waals surface area contributed by atoms with Crippen LogP contribution in [0.3, 0.4) is 0 Å². The van der Waals surface area contributed by atoms with Gasteiger partial charge in [-0.05, 0) is 36.6 Å². The molecule has 3 heterocycles. The van der Waals surface area contributed by atoms with Crippen LogP contribution in [0.4, 0.5) is 4.39 Å². The van der Waals surface area contributed by atoms with Crippen molar-refractivity contribution in [3.8, 4) is 40.4 Å². The Kier molecular flexibility index (Phi) is 4.53. The molecule has 0 bridgehead atoms. The van der Waals surface area contributed by atoms with Crippen molar-refractivity contribution in [1.29, 1.82) is 10.5 Å². The molecule has 0 radical (unpaired) electrons. The first kappa shape index (κ1) is 19.6. The van der Waals surface area contributed by atoms with Crippen LogP contribution in [0.25, 0.3) is 33.3 Å². The molecule has 32 heavy (non-hydrogen) atoms. The second-order valence-corrected chi connectivity index (χ2v) is 7.93. The van der Waals surface area contributed by atoms with Gasteiger partial charge in [0.05, 0.1) is 47.9 Å². The molecule has 4 aromatic rings. The number of benzene rings is 1. The minimum Gasteiger partial charge on any atom is -0.493 e. The van der Waals surface area contributed by atoms with Crippen LogP contribution in [0.15, 0.2) is 48.9 Å². The summed E-state index contributed by atoms with van der Waals surface area (Å²) in [6.45, 7) is 0. The molecule has 9 heteroatoms. The molecule has 5 rings (SSSR count). The summed E-state index contributed by atoms with van der Waals surface area (Å²) in [6, 6.07) is 12.9. The predicted octanol–water partition coefficient (Wildman–Crippen LogP) is 3.94. The molecular weight excluding hydrogens is 409 g/mol. The number of aromatic hydroxyl groups is 1. The van der Waals surface area contributed by atoms with Crippen LogP contribution in [0, 0.1) is 34.4 Å². The van der Waals surface area contributed by atoms with Gasteiger partial charge in [0.1, 0.15) is 11.5 Å². The first-order valence-electron chi connectivity index (χ1n) is 9.96. The molecule has 1 aromatic carbocycles. The third-order valence-corrected chi connectivity index (χ3v) is 5.91. The number of hydrogen-bond donors (Lipinski definition) is 1. The lowest BCUT2D eigenvalue weighted by atomic mass is 9.68. The van der Waals surface area contributed by atoms with Gasteiger partial charge in [-0.3, -0.25) is 4.98 Å². The largest absolute Gasteiger partial charge is 0.493 e. The molecule has 1 saturated carbocycles. The van der Waals surface area contributed by atoms with Crippen LogP contribution >= 0.6 is 0 Å². The first-order valence-corrected chi connectivity index (χ1v) is 9.96. The molecule has 3 aromatic heterocycles. The summed E-state index contributed by atoms with van der Waals surface area (Å²) in [7, 11) is 0. The Morgan fingerprint density at radius 2 is 2.00 bits per heavy atom. The summed E-state index contributed by atoms with van der Waals surface area (Å²) in [4.78, 5) is 9.51. The van der Waals surface area contributed by atoms with Gasteiger partial charge in [-0.25, -0.2) is 9.37 Å². The Bertz CT molecular complexity index is 1430. The Hall–Kier alpha value is -4.37. The highest BCUT2D eigenvalue weighted by atomic mass is 19.1. The number of pyridine rings is 2. The lowest BCUT2D eigenvalue weighted by molar-refractivity contribution is 0.0713. The number of aromatic nitrogens is 5. The summed E-state index contributed by atoms with van der Waals surface area (Å²) in [6.07, 6.45) is 5.47. The topological polar surface area (TPSA) is 124 Å². The van der Waals surface area contributed by atoms with Crippen LogP contribution in [-0.4, -0.2) is 30.1 Å². The molecule has 0 amide bonds. The van der Waals surface area contributed by atoms with E-state index < -0.39 is 11.4 Å². The Labute approximate surface area is 182 Å². The molecule has 1 aliphatic rings. The van der Waals surface area contributed by atoms with Gasteiger partial charge in [0.15, 0.2) is 0 Å². The van der Waals surface area contributed by atoms with Crippen molar-refractivity contribution in [2.75, 3.05) is 0 Å². The van der Waals surface area contributed by atoms with Gasteiger partial charge in [0.25, 0.3) is 0 Å². The molecule has 1 aliphatic carbocycles. The first-order chi connectivity index (χ1) is 15.5. The SMILES string of the molecule is N#CC[C@]1(n2ncc(-c3cc(-c4cc(O)ncc4F)cc4ncccc34)n2)C[C@@H](C#N)C1. The normalized spacial score (nSPS) is 19.8. The van der Waals surface area contributed by atoms with Crippen molar-refractivity contribution in [3.63, 3.8) is 0 Å². The Morgan fingerprint density at radius 1 is 1.16 bits per heavy atom. The Balaban J connectivity index is 1.65. The second-order valence-electron chi connectivity index (χ2n) is 7.93. The molecule has 0 spiro atoms. The highest BCUT2D eigenvalue weighted by Gasteiger charge is 2.48. The monoisotopic (exact) mass is 425 g/mol. The van der Waals surface area contributed by atoms with Crippen molar-refractivity contribution >= 4 is 10.9 Å². The molecular formula is C23H16FN7O.